The lowest BCUT2D eigenvalue weighted by Crippen LogP contribution is -2.67. The summed E-state index contributed by atoms with van der Waals surface area (Å²) in [4.78, 5) is 12.4. The lowest BCUT2D eigenvalue weighted by Gasteiger charge is -2.34. The van der Waals surface area contributed by atoms with Gasteiger partial charge < -0.3 is 14.8 Å². The van der Waals surface area contributed by atoms with E-state index >= 15 is 0 Å². The van der Waals surface area contributed by atoms with Crippen LogP contribution in [-0.4, -0.2) is 45.6 Å². The van der Waals surface area contributed by atoms with Crippen molar-refractivity contribution in [2.45, 2.75) is 29.7 Å². The Morgan fingerprint density at radius 2 is 1.61 bits per heavy atom. The van der Waals surface area contributed by atoms with Crippen molar-refractivity contribution in [1.29, 1.82) is 0 Å². The molecule has 0 aromatic heterocycles. The van der Waals surface area contributed by atoms with Gasteiger partial charge in [0.25, 0.3) is 10.0 Å². The van der Waals surface area contributed by atoms with Gasteiger partial charge in [-0.3, -0.25) is 5.43 Å². The number of sulfonamides is 1. The summed E-state index contributed by atoms with van der Waals surface area (Å²) in [5.74, 6) is -0.167. The molecule has 0 fully saturated rings. The molecule has 0 atom stereocenters. The van der Waals surface area contributed by atoms with Gasteiger partial charge in [0.2, 0.25) is 5.54 Å². The van der Waals surface area contributed by atoms with Crippen LogP contribution in [0, 0.1) is 0 Å². The average Bonchev–Trinajstić information content (AvgIpc) is 2.57. The van der Waals surface area contributed by atoms with E-state index < -0.39 is 38.8 Å². The Kier molecular flexibility index (Phi) is 5.62. The second-order valence-corrected chi connectivity index (χ2v) is 7.24. The second kappa shape index (κ2) is 7.20. The van der Waals surface area contributed by atoms with E-state index in [1.165, 1.54) is 22.4 Å². The second-order valence-electron chi connectivity index (χ2n) is 5.59. The zero-order chi connectivity index (χ0) is 21.4. The number of urea groups is 1. The number of rotatable bonds is 4. The largest absolute Gasteiger partial charge is 0.486 e. The molecule has 1 heterocycles. The first kappa shape index (κ1) is 21.9. The fourth-order valence-electron chi connectivity index (χ4n) is 1.99. The summed E-state index contributed by atoms with van der Waals surface area (Å²) in [5.41, 5.74) is -3.37. The molecule has 0 aliphatic carbocycles. The fraction of sp³-hybridized carbons (Fsp3) is 0.462. The molecule has 2 amide bonds. The lowest BCUT2D eigenvalue weighted by atomic mass is 10.0. The minimum Gasteiger partial charge on any atom is -0.486 e. The Labute approximate surface area is 154 Å². The molecule has 8 nitrogen and oxygen atoms in total. The van der Waals surface area contributed by atoms with Crippen LogP contribution in [0.3, 0.4) is 0 Å². The quantitative estimate of drug-likeness (QED) is 0.493. The van der Waals surface area contributed by atoms with Crippen LogP contribution in [-0.2, 0) is 10.0 Å². The van der Waals surface area contributed by atoms with Gasteiger partial charge >= 0.3 is 18.4 Å². The number of ether oxygens (including phenoxy) is 2. The van der Waals surface area contributed by atoms with E-state index in [0.29, 0.717) is 5.32 Å². The van der Waals surface area contributed by atoms with Crippen molar-refractivity contribution in [3.05, 3.63) is 18.2 Å². The van der Waals surface area contributed by atoms with Crippen molar-refractivity contribution in [3.63, 3.8) is 0 Å². The highest BCUT2D eigenvalue weighted by Gasteiger charge is 2.68. The smallest absolute Gasteiger partial charge is 0.420 e. The van der Waals surface area contributed by atoms with Crippen LogP contribution in [0.4, 0.5) is 31.1 Å². The number of hydrogen-bond donors (Lipinski definition) is 3. The Balaban J connectivity index is 2.16. The summed E-state index contributed by atoms with van der Waals surface area (Å²) in [6.45, 7) is -0.166. The number of halogens is 6. The summed E-state index contributed by atoms with van der Waals surface area (Å²) < 4.78 is 111. The zero-order valence-corrected chi connectivity index (χ0v) is 14.7. The van der Waals surface area contributed by atoms with Crippen LogP contribution >= 0.6 is 0 Å². The molecular weight excluding hydrogens is 424 g/mol. The van der Waals surface area contributed by atoms with Crippen LogP contribution in [0.5, 0.6) is 11.5 Å². The van der Waals surface area contributed by atoms with Crippen LogP contribution in [0.2, 0.25) is 0 Å². The van der Waals surface area contributed by atoms with E-state index in [1.54, 1.807) is 0 Å². The van der Waals surface area contributed by atoms with Gasteiger partial charge in [-0.1, -0.05) is 6.07 Å². The minimum absolute atomic E-state index is 0.00294. The average molecular weight is 437 g/mol. The molecule has 0 saturated heterocycles. The van der Waals surface area contributed by atoms with Gasteiger partial charge in [-0.05, 0) is 19.1 Å². The summed E-state index contributed by atoms with van der Waals surface area (Å²) in [5, 5.41) is 0.677. The Morgan fingerprint density at radius 3 is 2.18 bits per heavy atom. The fourth-order valence-corrected chi connectivity index (χ4v) is 2.99. The van der Waals surface area contributed by atoms with Gasteiger partial charge in [-0.15, -0.1) is 4.83 Å². The standard InChI is InChI=1S/C13H13F6N3O5S/c1-11(12(14,15)16,13(17,18)19)20-10(23)21-22-28(24,25)8-4-2-3-7-9(8)27-6-5-26-7/h2-4,22H,5-6H2,1H3,(H2,20,21,23). The number of fused-ring (bicyclic) bond motifs is 1. The Hall–Kier alpha value is -2.42. The number of amides is 2. The third-order valence-electron chi connectivity index (χ3n) is 3.62. The van der Waals surface area contributed by atoms with E-state index in [1.807, 2.05) is 0 Å². The van der Waals surface area contributed by atoms with Gasteiger partial charge in [-0.25, -0.2) is 13.2 Å². The van der Waals surface area contributed by atoms with Crippen molar-refractivity contribution >= 4 is 16.1 Å². The molecule has 0 unspecified atom stereocenters. The zero-order valence-electron chi connectivity index (χ0n) is 13.9. The first-order valence-electron chi connectivity index (χ1n) is 7.31. The van der Waals surface area contributed by atoms with Crippen molar-refractivity contribution in [3.8, 4) is 11.5 Å². The van der Waals surface area contributed by atoms with E-state index in [2.05, 4.69) is 0 Å². The first-order valence-corrected chi connectivity index (χ1v) is 8.79. The normalized spacial score (nSPS) is 15.1. The molecule has 1 aromatic rings. The van der Waals surface area contributed by atoms with Crippen LogP contribution in [0.25, 0.3) is 0 Å². The van der Waals surface area contributed by atoms with E-state index in [9.17, 15) is 39.6 Å². The number of nitrogens with one attached hydrogen (secondary N) is 3. The molecule has 158 valence electrons. The van der Waals surface area contributed by atoms with Gasteiger partial charge in [-0.2, -0.15) is 26.3 Å². The molecule has 0 bridgehead atoms. The number of benzene rings is 1. The third kappa shape index (κ3) is 4.19. The van der Waals surface area contributed by atoms with Crippen molar-refractivity contribution < 1.29 is 49.0 Å². The Morgan fingerprint density at radius 1 is 1.04 bits per heavy atom. The highest BCUT2D eigenvalue weighted by molar-refractivity contribution is 7.89. The predicted molar refractivity (Wildman–Crippen MR) is 79.9 cm³/mol. The molecule has 2 rings (SSSR count). The topological polar surface area (TPSA) is 106 Å². The molecule has 3 N–H and O–H groups in total. The molecule has 1 aliphatic heterocycles. The molecular formula is C13H13F6N3O5S. The van der Waals surface area contributed by atoms with Crippen LogP contribution < -0.4 is 25.0 Å². The SMILES string of the molecule is CC(NC(=O)NNS(=O)(=O)c1cccc2c1OCCO2)(C(F)(F)F)C(F)(F)F. The summed E-state index contributed by atoms with van der Waals surface area (Å²) in [6.07, 6.45) is -11.8. The molecule has 15 heteroatoms. The van der Waals surface area contributed by atoms with Gasteiger partial charge in [0, 0.05) is 0 Å². The molecule has 28 heavy (non-hydrogen) atoms. The maximum Gasteiger partial charge on any atom is 0.420 e. The van der Waals surface area contributed by atoms with E-state index in [4.69, 9.17) is 9.47 Å². The van der Waals surface area contributed by atoms with Crippen molar-refractivity contribution in [2.75, 3.05) is 13.2 Å². The maximum atomic E-state index is 12.8. The number of para-hydroxylation sites is 1. The molecule has 0 saturated carbocycles. The first-order chi connectivity index (χ1) is 12.7. The Bertz CT molecular complexity index is 841. The monoisotopic (exact) mass is 437 g/mol. The van der Waals surface area contributed by atoms with E-state index in [0.717, 1.165) is 6.07 Å². The van der Waals surface area contributed by atoms with E-state index in [-0.39, 0.29) is 31.6 Å². The summed E-state index contributed by atoms with van der Waals surface area (Å²) in [6, 6.07) is 1.59. The number of carbonyl (C=O) groups is 1. The highest BCUT2D eigenvalue weighted by atomic mass is 32.2. The van der Waals surface area contributed by atoms with Crippen molar-refractivity contribution in [2.24, 2.45) is 0 Å². The maximum absolute atomic E-state index is 12.8. The van der Waals surface area contributed by atoms with Crippen LogP contribution in [0.15, 0.2) is 23.1 Å². The number of hydrazine groups is 1. The highest BCUT2D eigenvalue weighted by Crippen LogP contribution is 2.42. The van der Waals surface area contributed by atoms with Crippen molar-refractivity contribution in [1.82, 2.24) is 15.6 Å². The molecule has 1 aromatic carbocycles. The molecule has 0 spiro atoms. The summed E-state index contributed by atoms with van der Waals surface area (Å²) in [7, 11) is -4.61. The van der Waals surface area contributed by atoms with Crippen LogP contribution in [0.1, 0.15) is 6.92 Å². The predicted octanol–water partition coefficient (Wildman–Crippen LogP) is 1.83. The van der Waals surface area contributed by atoms with Gasteiger partial charge in [0.05, 0.1) is 0 Å². The summed E-state index contributed by atoms with van der Waals surface area (Å²) >= 11 is 0. The molecule has 1 aliphatic rings. The number of alkyl halides is 6. The third-order valence-corrected chi connectivity index (χ3v) is 4.89. The number of carbonyl (C=O) groups excluding carboxylic acids is 1. The minimum atomic E-state index is -5.90. The number of hydrogen-bond acceptors (Lipinski definition) is 5. The van der Waals surface area contributed by atoms with Gasteiger partial charge in [0.1, 0.15) is 18.1 Å². The lowest BCUT2D eigenvalue weighted by molar-refractivity contribution is -0.297. The molecule has 0 radical (unpaired) electrons. The van der Waals surface area contributed by atoms with Gasteiger partial charge in [0.15, 0.2) is 11.5 Å².